The van der Waals surface area contributed by atoms with Crippen molar-refractivity contribution in [1.29, 1.82) is 0 Å². The third kappa shape index (κ3) is 2.91. The largest absolute Gasteiger partial charge is 0.339 e. The highest BCUT2D eigenvalue weighted by molar-refractivity contribution is 4.96. The van der Waals surface area contributed by atoms with Crippen LogP contribution >= 0.6 is 0 Å². The van der Waals surface area contributed by atoms with Gasteiger partial charge in [0.2, 0.25) is 5.89 Å². The van der Waals surface area contributed by atoms with Crippen LogP contribution in [0.15, 0.2) is 4.52 Å². The molecular weight excluding hydrogens is 226 g/mol. The van der Waals surface area contributed by atoms with Crippen LogP contribution in [0, 0.1) is 5.92 Å². The molecular formula is C14H23N3O. The molecule has 0 aromatic carbocycles. The van der Waals surface area contributed by atoms with Gasteiger partial charge in [-0.15, -0.1) is 0 Å². The van der Waals surface area contributed by atoms with Gasteiger partial charge in [-0.05, 0) is 44.7 Å². The van der Waals surface area contributed by atoms with Gasteiger partial charge < -0.3 is 9.84 Å². The Labute approximate surface area is 109 Å². The van der Waals surface area contributed by atoms with Gasteiger partial charge in [-0.2, -0.15) is 4.98 Å². The first-order valence-electron chi connectivity index (χ1n) is 7.45. The SMILES string of the molecule is C1CCC(c2nc(CC3CCCNC3)no2)CC1. The number of nitrogens with zero attached hydrogens (tertiary/aromatic N) is 2. The summed E-state index contributed by atoms with van der Waals surface area (Å²) >= 11 is 0. The third-order valence-electron chi connectivity index (χ3n) is 4.31. The van der Waals surface area contributed by atoms with Crippen molar-refractivity contribution >= 4 is 0 Å². The fourth-order valence-electron chi connectivity index (χ4n) is 3.22. The molecule has 1 saturated carbocycles. The number of aromatic nitrogens is 2. The van der Waals surface area contributed by atoms with Crippen LogP contribution in [-0.2, 0) is 6.42 Å². The van der Waals surface area contributed by atoms with Crippen LogP contribution in [0.5, 0.6) is 0 Å². The lowest BCUT2D eigenvalue weighted by molar-refractivity contribution is 0.309. The zero-order chi connectivity index (χ0) is 12.2. The Morgan fingerprint density at radius 1 is 1.11 bits per heavy atom. The van der Waals surface area contributed by atoms with E-state index in [1.54, 1.807) is 0 Å². The van der Waals surface area contributed by atoms with E-state index in [9.17, 15) is 0 Å². The highest BCUT2D eigenvalue weighted by Gasteiger charge is 2.22. The van der Waals surface area contributed by atoms with Crippen molar-refractivity contribution in [2.75, 3.05) is 13.1 Å². The quantitative estimate of drug-likeness (QED) is 0.894. The Morgan fingerprint density at radius 2 is 2.00 bits per heavy atom. The maximum atomic E-state index is 5.46. The van der Waals surface area contributed by atoms with Crippen molar-refractivity contribution in [2.24, 2.45) is 5.92 Å². The topological polar surface area (TPSA) is 51.0 Å². The summed E-state index contributed by atoms with van der Waals surface area (Å²) in [5, 5.41) is 7.61. The maximum Gasteiger partial charge on any atom is 0.229 e. The normalized spacial score (nSPS) is 26.3. The smallest absolute Gasteiger partial charge is 0.229 e. The summed E-state index contributed by atoms with van der Waals surface area (Å²) in [5.74, 6) is 3.04. The fraction of sp³-hybridized carbons (Fsp3) is 0.857. The van der Waals surface area contributed by atoms with Crippen molar-refractivity contribution in [2.45, 2.75) is 57.3 Å². The standard InChI is InChI=1S/C14H23N3O/c1-2-6-12(7-3-1)14-16-13(17-18-14)9-11-5-4-8-15-10-11/h11-12,15H,1-10H2. The van der Waals surface area contributed by atoms with E-state index in [1.165, 1.54) is 44.9 Å². The molecule has 1 aromatic heterocycles. The number of piperidine rings is 1. The number of rotatable bonds is 3. The van der Waals surface area contributed by atoms with Crippen LogP contribution in [-0.4, -0.2) is 23.2 Å². The lowest BCUT2D eigenvalue weighted by Crippen LogP contribution is -2.31. The molecule has 2 fully saturated rings. The van der Waals surface area contributed by atoms with Crippen molar-refractivity contribution < 1.29 is 4.52 Å². The predicted molar refractivity (Wildman–Crippen MR) is 69.4 cm³/mol. The summed E-state index contributed by atoms with van der Waals surface area (Å²) in [4.78, 5) is 4.62. The van der Waals surface area contributed by atoms with Gasteiger partial charge in [0, 0.05) is 12.3 Å². The molecule has 1 saturated heterocycles. The van der Waals surface area contributed by atoms with Crippen LogP contribution in [0.25, 0.3) is 0 Å². The van der Waals surface area contributed by atoms with E-state index >= 15 is 0 Å². The van der Waals surface area contributed by atoms with Crippen LogP contribution in [0.2, 0.25) is 0 Å². The molecule has 4 nitrogen and oxygen atoms in total. The highest BCUT2D eigenvalue weighted by Crippen LogP contribution is 2.31. The van der Waals surface area contributed by atoms with Crippen molar-refractivity contribution in [3.05, 3.63) is 11.7 Å². The zero-order valence-corrected chi connectivity index (χ0v) is 11.0. The first kappa shape index (κ1) is 12.2. The Bertz CT molecular complexity index is 365. The second-order valence-corrected chi connectivity index (χ2v) is 5.80. The van der Waals surface area contributed by atoms with Crippen molar-refractivity contribution in [1.82, 2.24) is 15.5 Å². The van der Waals surface area contributed by atoms with Gasteiger partial charge in [0.25, 0.3) is 0 Å². The van der Waals surface area contributed by atoms with E-state index < -0.39 is 0 Å². The Balaban J connectivity index is 1.58. The molecule has 0 radical (unpaired) electrons. The highest BCUT2D eigenvalue weighted by atomic mass is 16.5. The summed E-state index contributed by atoms with van der Waals surface area (Å²) in [6.07, 6.45) is 10.00. The molecule has 2 aliphatic rings. The van der Waals surface area contributed by atoms with E-state index in [2.05, 4.69) is 15.5 Å². The monoisotopic (exact) mass is 249 g/mol. The lowest BCUT2D eigenvalue weighted by atomic mass is 9.89. The number of hydrogen-bond donors (Lipinski definition) is 1. The fourth-order valence-corrected chi connectivity index (χ4v) is 3.22. The first-order chi connectivity index (χ1) is 8.92. The van der Waals surface area contributed by atoms with Gasteiger partial charge in [0.15, 0.2) is 5.82 Å². The summed E-state index contributed by atoms with van der Waals surface area (Å²) in [7, 11) is 0. The summed E-state index contributed by atoms with van der Waals surface area (Å²) in [6, 6.07) is 0. The molecule has 1 aliphatic heterocycles. The van der Waals surface area contributed by atoms with Crippen molar-refractivity contribution in [3.8, 4) is 0 Å². The molecule has 0 spiro atoms. The molecule has 2 heterocycles. The minimum absolute atomic E-state index is 0.532. The molecule has 0 bridgehead atoms. The van der Waals surface area contributed by atoms with Gasteiger partial charge >= 0.3 is 0 Å². The molecule has 1 unspecified atom stereocenters. The molecule has 18 heavy (non-hydrogen) atoms. The van der Waals surface area contributed by atoms with E-state index in [0.717, 1.165) is 31.2 Å². The van der Waals surface area contributed by atoms with Crippen LogP contribution < -0.4 is 5.32 Å². The van der Waals surface area contributed by atoms with Crippen LogP contribution in [0.4, 0.5) is 0 Å². The van der Waals surface area contributed by atoms with Gasteiger partial charge in [-0.25, -0.2) is 0 Å². The van der Waals surface area contributed by atoms with Crippen LogP contribution in [0.1, 0.15) is 62.6 Å². The average Bonchev–Trinajstić information content (AvgIpc) is 2.89. The Morgan fingerprint density at radius 3 is 2.78 bits per heavy atom. The van der Waals surface area contributed by atoms with E-state index in [4.69, 9.17) is 4.52 Å². The minimum Gasteiger partial charge on any atom is -0.339 e. The molecule has 4 heteroatoms. The van der Waals surface area contributed by atoms with E-state index in [0.29, 0.717) is 11.8 Å². The summed E-state index contributed by atoms with van der Waals surface area (Å²) in [5.41, 5.74) is 0. The third-order valence-corrected chi connectivity index (χ3v) is 4.31. The summed E-state index contributed by atoms with van der Waals surface area (Å²) in [6.45, 7) is 2.27. The molecule has 1 atom stereocenters. The average molecular weight is 249 g/mol. The van der Waals surface area contributed by atoms with Crippen molar-refractivity contribution in [3.63, 3.8) is 0 Å². The molecule has 1 N–H and O–H groups in total. The lowest BCUT2D eigenvalue weighted by Gasteiger charge is -2.21. The molecule has 1 aliphatic carbocycles. The first-order valence-corrected chi connectivity index (χ1v) is 7.45. The summed E-state index contributed by atoms with van der Waals surface area (Å²) < 4.78 is 5.46. The number of hydrogen-bond acceptors (Lipinski definition) is 4. The Hall–Kier alpha value is -0.900. The van der Waals surface area contributed by atoms with Gasteiger partial charge in [0.1, 0.15) is 0 Å². The molecule has 100 valence electrons. The second kappa shape index (κ2) is 5.83. The number of nitrogens with one attached hydrogen (secondary N) is 1. The van der Waals surface area contributed by atoms with Gasteiger partial charge in [-0.3, -0.25) is 0 Å². The van der Waals surface area contributed by atoms with E-state index in [-0.39, 0.29) is 0 Å². The molecule has 3 rings (SSSR count). The van der Waals surface area contributed by atoms with E-state index in [1.807, 2.05) is 0 Å². The predicted octanol–water partition coefficient (Wildman–Crippen LogP) is 2.66. The minimum atomic E-state index is 0.532. The Kier molecular flexibility index (Phi) is 3.93. The zero-order valence-electron chi connectivity index (χ0n) is 11.0. The second-order valence-electron chi connectivity index (χ2n) is 5.80. The molecule has 1 aromatic rings. The van der Waals surface area contributed by atoms with Gasteiger partial charge in [-0.1, -0.05) is 24.4 Å². The van der Waals surface area contributed by atoms with Crippen LogP contribution in [0.3, 0.4) is 0 Å². The molecule has 0 amide bonds. The maximum absolute atomic E-state index is 5.46. The van der Waals surface area contributed by atoms with Gasteiger partial charge in [0.05, 0.1) is 0 Å².